The lowest BCUT2D eigenvalue weighted by Gasteiger charge is -2.25. The van der Waals surface area contributed by atoms with Gasteiger partial charge in [-0.05, 0) is 37.5 Å². The van der Waals surface area contributed by atoms with Crippen molar-refractivity contribution in [2.75, 3.05) is 32.2 Å². The van der Waals surface area contributed by atoms with Gasteiger partial charge in [0, 0.05) is 23.5 Å². The van der Waals surface area contributed by atoms with Crippen molar-refractivity contribution < 1.29 is 19.4 Å². The second-order valence-corrected chi connectivity index (χ2v) is 7.02. The zero-order valence-electron chi connectivity index (χ0n) is 14.4. The van der Waals surface area contributed by atoms with Crippen molar-refractivity contribution in [3.63, 3.8) is 0 Å². The van der Waals surface area contributed by atoms with Gasteiger partial charge in [0.25, 0.3) is 0 Å². The largest absolute Gasteiger partial charge is 0.493 e. The number of benzene rings is 1. The molecule has 1 aromatic heterocycles. The molecule has 1 saturated heterocycles. The van der Waals surface area contributed by atoms with Crippen molar-refractivity contribution in [1.82, 2.24) is 4.98 Å². The van der Waals surface area contributed by atoms with Crippen LogP contribution in [0.15, 0.2) is 18.2 Å². The average molecular weight is 362 g/mol. The number of carboxylic acids is 1. The normalized spacial score (nSPS) is 14.4. The van der Waals surface area contributed by atoms with Gasteiger partial charge >= 0.3 is 5.97 Å². The third-order valence-electron chi connectivity index (χ3n) is 4.28. The highest BCUT2D eigenvalue weighted by atomic mass is 32.1. The molecule has 3 rings (SSSR count). The number of carbonyl (C=O) groups is 1. The number of ether oxygens (including phenoxy) is 2. The summed E-state index contributed by atoms with van der Waals surface area (Å²) in [7, 11) is 3.17. The van der Waals surface area contributed by atoms with E-state index in [2.05, 4.69) is 4.90 Å². The van der Waals surface area contributed by atoms with Gasteiger partial charge in [-0.1, -0.05) is 0 Å². The summed E-state index contributed by atoms with van der Waals surface area (Å²) in [6, 6.07) is 5.56. The van der Waals surface area contributed by atoms with E-state index >= 15 is 0 Å². The van der Waals surface area contributed by atoms with Crippen LogP contribution >= 0.6 is 11.3 Å². The molecule has 6 nitrogen and oxygen atoms in total. The monoisotopic (exact) mass is 362 g/mol. The number of rotatable bonds is 6. The van der Waals surface area contributed by atoms with Crippen LogP contribution in [-0.4, -0.2) is 43.4 Å². The van der Waals surface area contributed by atoms with Gasteiger partial charge in [0.15, 0.2) is 16.6 Å². The zero-order valence-corrected chi connectivity index (χ0v) is 15.3. The maximum absolute atomic E-state index is 11.3. The molecule has 134 valence electrons. The Morgan fingerprint density at radius 2 is 1.92 bits per heavy atom. The molecule has 1 aromatic carbocycles. The van der Waals surface area contributed by atoms with Crippen LogP contribution in [0.2, 0.25) is 0 Å². The number of anilines is 1. The molecule has 1 fully saturated rings. The Balaban J connectivity index is 2.01. The van der Waals surface area contributed by atoms with E-state index in [1.54, 1.807) is 14.2 Å². The molecule has 25 heavy (non-hydrogen) atoms. The highest BCUT2D eigenvalue weighted by molar-refractivity contribution is 7.16. The Morgan fingerprint density at radius 1 is 1.20 bits per heavy atom. The third-order valence-corrected chi connectivity index (χ3v) is 5.40. The number of aromatic nitrogens is 1. The third kappa shape index (κ3) is 3.87. The van der Waals surface area contributed by atoms with Gasteiger partial charge in [-0.25, -0.2) is 4.98 Å². The lowest BCUT2D eigenvalue weighted by atomic mass is 10.1. The molecular weight excluding hydrogens is 340 g/mol. The fourth-order valence-corrected chi connectivity index (χ4v) is 4.15. The fraction of sp³-hybridized carbons (Fsp3) is 0.444. The van der Waals surface area contributed by atoms with E-state index in [1.165, 1.54) is 17.8 Å². The highest BCUT2D eigenvalue weighted by Gasteiger charge is 2.21. The minimum absolute atomic E-state index is 0.0326. The molecule has 1 aliphatic rings. The van der Waals surface area contributed by atoms with Gasteiger partial charge in [-0.2, -0.15) is 0 Å². The van der Waals surface area contributed by atoms with Gasteiger partial charge < -0.3 is 19.5 Å². The summed E-state index contributed by atoms with van der Waals surface area (Å²) in [5.41, 5.74) is 1.56. The van der Waals surface area contributed by atoms with Crippen molar-refractivity contribution in [2.45, 2.75) is 25.7 Å². The Labute approximate surface area is 151 Å². The molecule has 2 aromatic rings. The molecule has 1 N–H and O–H groups in total. The number of thiazole rings is 1. The summed E-state index contributed by atoms with van der Waals surface area (Å²) in [6.07, 6.45) is 3.51. The predicted octanol–water partition coefficient (Wildman–Crippen LogP) is 3.44. The maximum atomic E-state index is 11.3. The van der Waals surface area contributed by atoms with Gasteiger partial charge in [0.05, 0.1) is 26.3 Å². The SMILES string of the molecule is COc1ccc(-c2nc(N3CCCCC3)sc2CC(=O)O)cc1OC. The Kier molecular flexibility index (Phi) is 5.43. The number of hydrogen-bond donors (Lipinski definition) is 1. The van der Waals surface area contributed by atoms with Crippen LogP contribution in [0.4, 0.5) is 5.13 Å². The van der Waals surface area contributed by atoms with E-state index in [4.69, 9.17) is 14.5 Å². The van der Waals surface area contributed by atoms with E-state index in [0.717, 1.165) is 41.5 Å². The smallest absolute Gasteiger partial charge is 0.308 e. The van der Waals surface area contributed by atoms with Crippen molar-refractivity contribution in [2.24, 2.45) is 0 Å². The summed E-state index contributed by atoms with van der Waals surface area (Å²) in [5, 5.41) is 10.2. The van der Waals surface area contributed by atoms with E-state index in [1.807, 2.05) is 18.2 Å². The Hall–Kier alpha value is -2.28. The lowest BCUT2D eigenvalue weighted by Crippen LogP contribution is -2.29. The molecule has 0 bridgehead atoms. The quantitative estimate of drug-likeness (QED) is 0.849. The molecule has 7 heteroatoms. The molecule has 0 spiro atoms. The maximum Gasteiger partial charge on any atom is 0.308 e. The van der Waals surface area contributed by atoms with Gasteiger partial charge in [0.2, 0.25) is 0 Å². The van der Waals surface area contributed by atoms with Crippen LogP contribution in [0.3, 0.4) is 0 Å². The fourth-order valence-electron chi connectivity index (χ4n) is 3.03. The summed E-state index contributed by atoms with van der Waals surface area (Å²) in [6.45, 7) is 1.96. The van der Waals surface area contributed by atoms with E-state index in [9.17, 15) is 9.90 Å². The van der Waals surface area contributed by atoms with E-state index in [0.29, 0.717) is 17.2 Å². The van der Waals surface area contributed by atoms with E-state index in [-0.39, 0.29) is 6.42 Å². The van der Waals surface area contributed by atoms with Gasteiger partial charge in [0.1, 0.15) is 0 Å². The number of nitrogens with zero attached hydrogens (tertiary/aromatic N) is 2. The molecule has 0 atom stereocenters. The van der Waals surface area contributed by atoms with Crippen LogP contribution in [0.25, 0.3) is 11.3 Å². The summed E-state index contributed by atoms with van der Waals surface area (Å²) in [5.74, 6) is 0.391. The van der Waals surface area contributed by atoms with Crippen molar-refractivity contribution in [3.8, 4) is 22.8 Å². The lowest BCUT2D eigenvalue weighted by molar-refractivity contribution is -0.136. The van der Waals surface area contributed by atoms with Crippen LogP contribution in [0.1, 0.15) is 24.1 Å². The average Bonchev–Trinajstić information content (AvgIpc) is 3.05. The zero-order chi connectivity index (χ0) is 17.8. The second-order valence-electron chi connectivity index (χ2n) is 5.96. The minimum atomic E-state index is -0.851. The summed E-state index contributed by atoms with van der Waals surface area (Å²) in [4.78, 5) is 19.1. The van der Waals surface area contributed by atoms with Crippen LogP contribution in [0.5, 0.6) is 11.5 Å². The summed E-state index contributed by atoms with van der Waals surface area (Å²) >= 11 is 1.47. The highest BCUT2D eigenvalue weighted by Crippen LogP contribution is 2.38. The standard InChI is InChI=1S/C18H22N2O4S/c1-23-13-7-6-12(10-14(13)24-2)17-15(11-16(21)22)25-18(19-17)20-8-4-3-5-9-20/h6-7,10H,3-5,8-9,11H2,1-2H3,(H,21,22). The number of hydrogen-bond acceptors (Lipinski definition) is 6. The molecule has 0 saturated carbocycles. The van der Waals surface area contributed by atoms with Gasteiger partial charge in [-0.15, -0.1) is 11.3 Å². The topological polar surface area (TPSA) is 71.9 Å². The van der Waals surface area contributed by atoms with Crippen LogP contribution in [-0.2, 0) is 11.2 Å². The molecule has 0 aliphatic carbocycles. The molecule has 0 amide bonds. The van der Waals surface area contributed by atoms with Gasteiger partial charge in [-0.3, -0.25) is 4.79 Å². The first-order valence-electron chi connectivity index (χ1n) is 8.31. The molecule has 0 unspecified atom stereocenters. The van der Waals surface area contributed by atoms with Crippen molar-refractivity contribution in [1.29, 1.82) is 0 Å². The molecule has 0 radical (unpaired) electrons. The second kappa shape index (κ2) is 7.74. The first-order chi connectivity index (χ1) is 12.1. The van der Waals surface area contributed by atoms with Crippen LogP contribution < -0.4 is 14.4 Å². The number of piperidine rings is 1. The first-order valence-corrected chi connectivity index (χ1v) is 9.13. The first kappa shape index (κ1) is 17.5. The molecular formula is C18H22N2O4S. The van der Waals surface area contributed by atoms with Crippen LogP contribution in [0, 0.1) is 0 Å². The predicted molar refractivity (Wildman–Crippen MR) is 98.1 cm³/mol. The Bertz CT molecular complexity index is 754. The number of carboxylic acid groups (broad SMARTS) is 1. The molecule has 2 heterocycles. The Morgan fingerprint density at radius 3 is 2.56 bits per heavy atom. The molecule has 1 aliphatic heterocycles. The van der Waals surface area contributed by atoms with Crippen molar-refractivity contribution >= 4 is 22.4 Å². The minimum Gasteiger partial charge on any atom is -0.493 e. The number of aliphatic carboxylic acids is 1. The number of methoxy groups -OCH3 is 2. The van der Waals surface area contributed by atoms with E-state index < -0.39 is 5.97 Å². The summed E-state index contributed by atoms with van der Waals surface area (Å²) < 4.78 is 10.6. The van der Waals surface area contributed by atoms with Crippen molar-refractivity contribution in [3.05, 3.63) is 23.1 Å².